The number of thiol groups is 1. The highest BCUT2D eigenvalue weighted by Gasteiger charge is 2.02. The SMILES string of the molecule is CC(=O)c1ccc(-c2ccc(N)c(S)c2)cc1. The molecule has 0 fully saturated rings. The molecule has 2 N–H and O–H groups in total. The van der Waals surface area contributed by atoms with Crippen molar-refractivity contribution in [3.8, 4) is 11.1 Å². The van der Waals surface area contributed by atoms with E-state index in [-0.39, 0.29) is 5.78 Å². The number of nitrogens with two attached hydrogens (primary N) is 1. The predicted molar refractivity (Wildman–Crippen MR) is 73.5 cm³/mol. The molecule has 0 spiro atoms. The molecule has 0 amide bonds. The number of carbonyl (C=O) groups is 1. The fraction of sp³-hybridized carbons (Fsp3) is 0.0714. The molecule has 2 aromatic carbocycles. The summed E-state index contributed by atoms with van der Waals surface area (Å²) in [5, 5.41) is 0. The maximum atomic E-state index is 11.2. The van der Waals surface area contributed by atoms with Crippen molar-refractivity contribution < 1.29 is 4.79 Å². The molecule has 2 rings (SSSR count). The Kier molecular flexibility index (Phi) is 3.20. The summed E-state index contributed by atoms with van der Waals surface area (Å²) in [6, 6.07) is 13.2. The highest BCUT2D eigenvalue weighted by Crippen LogP contribution is 2.26. The predicted octanol–water partition coefficient (Wildman–Crippen LogP) is 3.43. The molecule has 0 aliphatic rings. The standard InChI is InChI=1S/C14H13NOS/c1-9(16)10-2-4-11(5-3-10)12-6-7-13(15)14(17)8-12/h2-8,17H,15H2,1H3. The van der Waals surface area contributed by atoms with E-state index in [9.17, 15) is 4.79 Å². The Hall–Kier alpha value is -1.74. The van der Waals surface area contributed by atoms with Gasteiger partial charge in [-0.2, -0.15) is 0 Å². The Balaban J connectivity index is 2.39. The maximum Gasteiger partial charge on any atom is 0.159 e. The Bertz CT molecular complexity index is 561. The van der Waals surface area contributed by atoms with E-state index in [0.717, 1.165) is 21.6 Å². The average molecular weight is 243 g/mol. The number of anilines is 1. The van der Waals surface area contributed by atoms with Gasteiger partial charge in [0.25, 0.3) is 0 Å². The summed E-state index contributed by atoms with van der Waals surface area (Å²) in [7, 11) is 0. The van der Waals surface area contributed by atoms with E-state index >= 15 is 0 Å². The van der Waals surface area contributed by atoms with Crippen LogP contribution in [0.1, 0.15) is 17.3 Å². The van der Waals surface area contributed by atoms with E-state index in [4.69, 9.17) is 5.73 Å². The normalized spacial score (nSPS) is 10.2. The van der Waals surface area contributed by atoms with Crippen molar-refractivity contribution in [1.29, 1.82) is 0 Å². The van der Waals surface area contributed by atoms with Crippen LogP contribution < -0.4 is 5.73 Å². The Morgan fingerprint density at radius 2 is 1.65 bits per heavy atom. The molecule has 17 heavy (non-hydrogen) atoms. The first kappa shape index (κ1) is 11.7. The van der Waals surface area contributed by atoms with Gasteiger partial charge in [-0.25, -0.2) is 0 Å². The minimum atomic E-state index is 0.0729. The van der Waals surface area contributed by atoms with E-state index in [0.29, 0.717) is 5.69 Å². The molecule has 0 unspecified atom stereocenters. The zero-order valence-electron chi connectivity index (χ0n) is 9.47. The Labute approximate surface area is 106 Å². The second kappa shape index (κ2) is 4.63. The largest absolute Gasteiger partial charge is 0.398 e. The van der Waals surface area contributed by atoms with Crippen molar-refractivity contribution >= 4 is 24.1 Å². The molecular weight excluding hydrogens is 230 g/mol. The Morgan fingerprint density at radius 3 is 2.18 bits per heavy atom. The average Bonchev–Trinajstić information content (AvgIpc) is 2.33. The van der Waals surface area contributed by atoms with Gasteiger partial charge in [-0.1, -0.05) is 30.3 Å². The highest BCUT2D eigenvalue weighted by molar-refractivity contribution is 7.80. The molecular formula is C14H13NOS. The number of benzene rings is 2. The van der Waals surface area contributed by atoms with Crippen LogP contribution in [0.5, 0.6) is 0 Å². The lowest BCUT2D eigenvalue weighted by Crippen LogP contribution is -1.91. The summed E-state index contributed by atoms with van der Waals surface area (Å²) in [6.07, 6.45) is 0. The summed E-state index contributed by atoms with van der Waals surface area (Å²) in [5.74, 6) is 0.0729. The summed E-state index contributed by atoms with van der Waals surface area (Å²) < 4.78 is 0. The second-order valence-electron chi connectivity index (χ2n) is 3.91. The molecule has 3 heteroatoms. The zero-order chi connectivity index (χ0) is 12.4. The molecule has 2 nitrogen and oxygen atoms in total. The maximum absolute atomic E-state index is 11.2. The lowest BCUT2D eigenvalue weighted by atomic mass is 10.0. The van der Waals surface area contributed by atoms with Gasteiger partial charge in [0.1, 0.15) is 0 Å². The topological polar surface area (TPSA) is 43.1 Å². The number of hydrogen-bond acceptors (Lipinski definition) is 3. The van der Waals surface area contributed by atoms with Crippen molar-refractivity contribution in [1.82, 2.24) is 0 Å². The lowest BCUT2D eigenvalue weighted by Gasteiger charge is -2.05. The van der Waals surface area contributed by atoms with Crippen molar-refractivity contribution in [2.45, 2.75) is 11.8 Å². The molecule has 0 saturated heterocycles. The van der Waals surface area contributed by atoms with Crippen LogP contribution in [0, 0.1) is 0 Å². The molecule has 0 bridgehead atoms. The van der Waals surface area contributed by atoms with Gasteiger partial charge in [-0.05, 0) is 30.2 Å². The van der Waals surface area contributed by atoms with Crippen molar-refractivity contribution in [2.24, 2.45) is 0 Å². The minimum absolute atomic E-state index is 0.0729. The fourth-order valence-electron chi connectivity index (χ4n) is 1.62. The van der Waals surface area contributed by atoms with E-state index in [1.165, 1.54) is 0 Å². The van der Waals surface area contributed by atoms with Crippen molar-refractivity contribution in [3.63, 3.8) is 0 Å². The molecule has 0 heterocycles. The van der Waals surface area contributed by atoms with Crippen LogP contribution in [0.15, 0.2) is 47.4 Å². The van der Waals surface area contributed by atoms with E-state index in [2.05, 4.69) is 12.6 Å². The molecule has 2 aromatic rings. The third-order valence-electron chi connectivity index (χ3n) is 2.66. The number of carbonyl (C=O) groups excluding carboxylic acids is 1. The quantitative estimate of drug-likeness (QED) is 0.482. The van der Waals surface area contributed by atoms with Crippen LogP contribution in [-0.4, -0.2) is 5.78 Å². The highest BCUT2D eigenvalue weighted by atomic mass is 32.1. The monoisotopic (exact) mass is 243 g/mol. The van der Waals surface area contributed by atoms with Crippen LogP contribution in [0.2, 0.25) is 0 Å². The molecule has 0 aliphatic heterocycles. The third-order valence-corrected chi connectivity index (χ3v) is 3.04. The molecule has 0 atom stereocenters. The fourth-order valence-corrected chi connectivity index (χ4v) is 1.83. The first-order chi connectivity index (χ1) is 8.08. The van der Waals surface area contributed by atoms with Gasteiger partial charge in [-0.15, -0.1) is 12.6 Å². The minimum Gasteiger partial charge on any atom is -0.398 e. The van der Waals surface area contributed by atoms with Crippen LogP contribution in [0.25, 0.3) is 11.1 Å². The van der Waals surface area contributed by atoms with Crippen LogP contribution in [0.3, 0.4) is 0 Å². The molecule has 0 saturated carbocycles. The van der Waals surface area contributed by atoms with Gasteiger partial charge in [0.2, 0.25) is 0 Å². The van der Waals surface area contributed by atoms with Crippen LogP contribution >= 0.6 is 12.6 Å². The molecule has 86 valence electrons. The first-order valence-electron chi connectivity index (χ1n) is 5.28. The van der Waals surface area contributed by atoms with E-state index < -0.39 is 0 Å². The van der Waals surface area contributed by atoms with Gasteiger partial charge >= 0.3 is 0 Å². The summed E-state index contributed by atoms with van der Waals surface area (Å²) >= 11 is 4.29. The third kappa shape index (κ3) is 2.50. The van der Waals surface area contributed by atoms with Gasteiger partial charge in [0.15, 0.2) is 5.78 Å². The first-order valence-corrected chi connectivity index (χ1v) is 5.72. The molecule has 0 aromatic heterocycles. The number of Topliss-reactive ketones (excluding diaryl/α,β-unsaturated/α-hetero) is 1. The Morgan fingerprint density at radius 1 is 1.06 bits per heavy atom. The number of hydrogen-bond donors (Lipinski definition) is 2. The molecule has 0 aliphatic carbocycles. The number of rotatable bonds is 2. The van der Waals surface area contributed by atoms with Crippen molar-refractivity contribution in [2.75, 3.05) is 5.73 Å². The van der Waals surface area contributed by atoms with E-state index in [1.54, 1.807) is 6.92 Å². The van der Waals surface area contributed by atoms with Gasteiger partial charge < -0.3 is 5.73 Å². The van der Waals surface area contributed by atoms with Crippen LogP contribution in [-0.2, 0) is 0 Å². The molecule has 0 radical (unpaired) electrons. The zero-order valence-corrected chi connectivity index (χ0v) is 10.4. The summed E-state index contributed by atoms with van der Waals surface area (Å²) in [5.41, 5.74) is 9.18. The van der Waals surface area contributed by atoms with Gasteiger partial charge in [0, 0.05) is 16.1 Å². The lowest BCUT2D eigenvalue weighted by molar-refractivity contribution is 0.101. The smallest absolute Gasteiger partial charge is 0.159 e. The van der Waals surface area contributed by atoms with Crippen LogP contribution in [0.4, 0.5) is 5.69 Å². The summed E-state index contributed by atoms with van der Waals surface area (Å²) in [4.78, 5) is 11.9. The summed E-state index contributed by atoms with van der Waals surface area (Å²) in [6.45, 7) is 1.56. The van der Waals surface area contributed by atoms with Gasteiger partial charge in [0.05, 0.1) is 0 Å². The number of nitrogen functional groups attached to an aromatic ring is 1. The van der Waals surface area contributed by atoms with E-state index in [1.807, 2.05) is 42.5 Å². The van der Waals surface area contributed by atoms with Crippen molar-refractivity contribution in [3.05, 3.63) is 48.0 Å². The second-order valence-corrected chi connectivity index (χ2v) is 4.39. The number of ketones is 1. The van der Waals surface area contributed by atoms with Gasteiger partial charge in [-0.3, -0.25) is 4.79 Å².